The molecule has 2 rings (SSSR count). The Kier molecular flexibility index (Phi) is 4.93. The number of nitrogens with zero attached hydrogens (tertiary/aromatic N) is 1. The highest BCUT2D eigenvalue weighted by atomic mass is 16.5. The highest BCUT2D eigenvalue weighted by molar-refractivity contribution is 5.93. The molecule has 2 aromatic rings. The first-order valence-corrected chi connectivity index (χ1v) is 7.07. The van der Waals surface area contributed by atoms with Gasteiger partial charge in [-0.1, -0.05) is 0 Å². The summed E-state index contributed by atoms with van der Waals surface area (Å²) in [6.45, 7) is 6.23. The number of nitrogens with one attached hydrogen (secondary N) is 2. The maximum Gasteiger partial charge on any atom is 0.253 e. The molecule has 0 radical (unpaired) electrons. The monoisotopic (exact) mass is 301 g/mol. The van der Waals surface area contributed by atoms with Crippen LogP contribution in [0.15, 0.2) is 29.2 Å². The summed E-state index contributed by atoms with van der Waals surface area (Å²) in [6, 6.07) is 5.16. The molecule has 116 valence electrons. The second-order valence-electron chi connectivity index (χ2n) is 4.94. The Morgan fingerprint density at radius 3 is 2.73 bits per heavy atom. The van der Waals surface area contributed by atoms with E-state index in [9.17, 15) is 9.59 Å². The lowest BCUT2D eigenvalue weighted by molar-refractivity contribution is 0.0950. The van der Waals surface area contributed by atoms with Gasteiger partial charge in [0, 0.05) is 30.1 Å². The number of carbonyl (C=O) groups is 1. The van der Waals surface area contributed by atoms with E-state index >= 15 is 0 Å². The number of carbonyl (C=O) groups excluding carboxylic acids is 1. The Balaban J connectivity index is 2.05. The summed E-state index contributed by atoms with van der Waals surface area (Å²) >= 11 is 0. The van der Waals surface area contributed by atoms with E-state index in [0.29, 0.717) is 23.6 Å². The summed E-state index contributed by atoms with van der Waals surface area (Å²) in [4.78, 5) is 30.7. The van der Waals surface area contributed by atoms with Crippen LogP contribution < -0.4 is 15.6 Å². The second-order valence-corrected chi connectivity index (χ2v) is 4.94. The number of hydrogen-bond donors (Lipinski definition) is 2. The molecule has 0 aliphatic rings. The van der Waals surface area contributed by atoms with Gasteiger partial charge in [-0.15, -0.1) is 0 Å². The molecule has 0 saturated heterocycles. The zero-order chi connectivity index (χ0) is 16.1. The molecule has 2 N–H and O–H groups in total. The van der Waals surface area contributed by atoms with Gasteiger partial charge in [-0.2, -0.15) is 0 Å². The van der Waals surface area contributed by atoms with Crippen LogP contribution in [-0.2, 0) is 6.54 Å². The minimum atomic E-state index is -0.282. The van der Waals surface area contributed by atoms with E-state index in [1.165, 1.54) is 6.20 Å². The van der Waals surface area contributed by atoms with Crippen molar-refractivity contribution in [1.29, 1.82) is 0 Å². The molecule has 0 unspecified atom stereocenters. The van der Waals surface area contributed by atoms with Gasteiger partial charge in [-0.25, -0.2) is 4.98 Å². The zero-order valence-electron chi connectivity index (χ0n) is 12.9. The number of aromatic amines is 1. The van der Waals surface area contributed by atoms with Crippen molar-refractivity contribution in [3.05, 3.63) is 57.1 Å². The van der Waals surface area contributed by atoms with Crippen molar-refractivity contribution in [1.82, 2.24) is 15.3 Å². The van der Waals surface area contributed by atoms with Gasteiger partial charge in [0.25, 0.3) is 11.5 Å². The van der Waals surface area contributed by atoms with E-state index in [-0.39, 0.29) is 18.0 Å². The van der Waals surface area contributed by atoms with Crippen LogP contribution in [0.3, 0.4) is 0 Å². The lowest BCUT2D eigenvalue weighted by Crippen LogP contribution is -2.28. The number of pyridine rings is 2. The smallest absolute Gasteiger partial charge is 0.253 e. The molecule has 0 aromatic carbocycles. The summed E-state index contributed by atoms with van der Waals surface area (Å²) in [5.74, 6) is 0.194. The van der Waals surface area contributed by atoms with E-state index in [2.05, 4.69) is 15.3 Å². The Morgan fingerprint density at radius 2 is 2.14 bits per heavy atom. The minimum absolute atomic E-state index is 0.174. The first-order valence-electron chi connectivity index (χ1n) is 7.07. The maximum atomic E-state index is 12.1. The fourth-order valence-electron chi connectivity index (χ4n) is 2.12. The highest BCUT2D eigenvalue weighted by Gasteiger charge is 2.10. The number of aromatic nitrogens is 2. The molecule has 1 amide bonds. The van der Waals surface area contributed by atoms with Gasteiger partial charge in [0.15, 0.2) is 0 Å². The van der Waals surface area contributed by atoms with Crippen molar-refractivity contribution < 1.29 is 9.53 Å². The normalized spacial score (nSPS) is 10.3. The third-order valence-corrected chi connectivity index (χ3v) is 3.21. The molecule has 0 aliphatic carbocycles. The molecule has 0 fully saturated rings. The molecule has 6 nitrogen and oxygen atoms in total. The second kappa shape index (κ2) is 6.89. The largest absolute Gasteiger partial charge is 0.478 e. The molecule has 0 atom stereocenters. The number of ether oxygens (including phenoxy) is 1. The summed E-state index contributed by atoms with van der Waals surface area (Å²) in [6.07, 6.45) is 1.45. The molecule has 22 heavy (non-hydrogen) atoms. The van der Waals surface area contributed by atoms with Crippen molar-refractivity contribution in [2.45, 2.75) is 27.3 Å². The van der Waals surface area contributed by atoms with E-state index in [1.807, 2.05) is 26.8 Å². The van der Waals surface area contributed by atoms with Crippen molar-refractivity contribution in [2.75, 3.05) is 6.61 Å². The quantitative estimate of drug-likeness (QED) is 0.880. The molecule has 0 aliphatic heterocycles. The number of hydrogen-bond acceptors (Lipinski definition) is 4. The van der Waals surface area contributed by atoms with Crippen molar-refractivity contribution in [3.63, 3.8) is 0 Å². The van der Waals surface area contributed by atoms with Crippen molar-refractivity contribution in [3.8, 4) is 5.88 Å². The number of H-pyrrole nitrogens is 1. The molecular formula is C16H19N3O3. The van der Waals surface area contributed by atoms with Crippen LogP contribution in [0.1, 0.15) is 34.1 Å². The lowest BCUT2D eigenvalue weighted by atomic mass is 10.1. The van der Waals surface area contributed by atoms with Crippen LogP contribution >= 0.6 is 0 Å². The summed E-state index contributed by atoms with van der Waals surface area (Å²) in [7, 11) is 0. The van der Waals surface area contributed by atoms with Gasteiger partial charge in [-0.3, -0.25) is 9.59 Å². The number of amides is 1. The van der Waals surface area contributed by atoms with Crippen LogP contribution in [0.25, 0.3) is 0 Å². The van der Waals surface area contributed by atoms with Crippen molar-refractivity contribution >= 4 is 5.91 Å². The minimum Gasteiger partial charge on any atom is -0.478 e. The molecule has 0 saturated carbocycles. The molecule has 6 heteroatoms. The molecule has 0 bridgehead atoms. The zero-order valence-corrected chi connectivity index (χ0v) is 12.9. The summed E-state index contributed by atoms with van der Waals surface area (Å²) in [5, 5.41) is 2.73. The molecular weight excluding hydrogens is 282 g/mol. The van der Waals surface area contributed by atoms with Crippen LogP contribution in [-0.4, -0.2) is 22.5 Å². The fourth-order valence-corrected chi connectivity index (χ4v) is 2.12. The Hall–Kier alpha value is -2.63. The van der Waals surface area contributed by atoms with Gasteiger partial charge in [0.1, 0.15) is 0 Å². The predicted octanol–water partition coefficient (Wildman–Crippen LogP) is 1.72. The van der Waals surface area contributed by atoms with E-state index in [0.717, 1.165) is 11.3 Å². The van der Waals surface area contributed by atoms with Crippen LogP contribution in [0.5, 0.6) is 5.88 Å². The van der Waals surface area contributed by atoms with Gasteiger partial charge >= 0.3 is 0 Å². The predicted molar refractivity (Wildman–Crippen MR) is 83.1 cm³/mol. The van der Waals surface area contributed by atoms with E-state index < -0.39 is 0 Å². The summed E-state index contributed by atoms with van der Waals surface area (Å²) in [5.41, 5.74) is 2.45. The first kappa shape index (κ1) is 15.8. The standard InChI is InChI=1S/C16H19N3O3/c1-4-22-14-6-5-12(8-17-14)15(20)18-9-13-10(2)7-11(3)19-16(13)21/h5-8H,4,9H2,1-3H3,(H,18,20)(H,19,21). The fraction of sp³-hybridized carbons (Fsp3) is 0.312. The van der Waals surface area contributed by atoms with Gasteiger partial charge in [0.2, 0.25) is 5.88 Å². The van der Waals surface area contributed by atoms with Crippen LogP contribution in [0, 0.1) is 13.8 Å². The average Bonchev–Trinajstić information content (AvgIpc) is 2.47. The highest BCUT2D eigenvalue weighted by Crippen LogP contribution is 2.08. The topological polar surface area (TPSA) is 84.1 Å². The Morgan fingerprint density at radius 1 is 1.36 bits per heavy atom. The Bertz CT molecular complexity index is 720. The van der Waals surface area contributed by atoms with E-state index in [4.69, 9.17) is 4.74 Å². The molecule has 2 heterocycles. The van der Waals surface area contributed by atoms with Gasteiger partial charge < -0.3 is 15.0 Å². The van der Waals surface area contributed by atoms with Gasteiger partial charge in [0.05, 0.1) is 12.2 Å². The third kappa shape index (κ3) is 3.72. The maximum absolute atomic E-state index is 12.1. The van der Waals surface area contributed by atoms with Crippen LogP contribution in [0.2, 0.25) is 0 Å². The number of rotatable bonds is 5. The first-order chi connectivity index (χ1) is 10.5. The third-order valence-electron chi connectivity index (χ3n) is 3.21. The SMILES string of the molecule is CCOc1ccc(C(=O)NCc2c(C)cc(C)[nH]c2=O)cn1. The lowest BCUT2D eigenvalue weighted by Gasteiger charge is -2.08. The summed E-state index contributed by atoms with van der Waals surface area (Å²) < 4.78 is 5.22. The van der Waals surface area contributed by atoms with E-state index in [1.54, 1.807) is 12.1 Å². The van der Waals surface area contributed by atoms with Crippen molar-refractivity contribution in [2.24, 2.45) is 0 Å². The molecule has 0 spiro atoms. The molecule has 2 aromatic heterocycles. The van der Waals surface area contributed by atoms with Crippen LogP contribution in [0.4, 0.5) is 0 Å². The number of aryl methyl sites for hydroxylation is 2. The Labute approximate surface area is 128 Å². The average molecular weight is 301 g/mol. The van der Waals surface area contributed by atoms with Gasteiger partial charge in [-0.05, 0) is 38.5 Å².